The van der Waals surface area contributed by atoms with Gasteiger partial charge in [0.25, 0.3) is 11.8 Å². The van der Waals surface area contributed by atoms with E-state index in [1.165, 1.54) is 11.8 Å². The number of hydrogen-bond acceptors (Lipinski definition) is 5. The Morgan fingerprint density at radius 1 is 1.18 bits per heavy atom. The summed E-state index contributed by atoms with van der Waals surface area (Å²) in [6.45, 7) is 10.2. The van der Waals surface area contributed by atoms with Crippen molar-refractivity contribution in [3.8, 4) is 0 Å². The minimum absolute atomic E-state index is 0.0454. The fraction of sp³-hybridized carbons (Fsp3) is 0.381. The summed E-state index contributed by atoms with van der Waals surface area (Å²) in [5.41, 5.74) is 2.05. The topological polar surface area (TPSA) is 79.0 Å². The summed E-state index contributed by atoms with van der Waals surface area (Å²) in [6.07, 6.45) is 1.45. The Balaban J connectivity index is 2.04. The summed E-state index contributed by atoms with van der Waals surface area (Å²) >= 11 is 0. The maximum absolute atomic E-state index is 13.1. The quantitative estimate of drug-likeness (QED) is 0.622. The monoisotopic (exact) mass is 383 g/mol. The Labute approximate surface area is 164 Å². The number of rotatable bonds is 5. The molecule has 28 heavy (non-hydrogen) atoms. The van der Waals surface area contributed by atoms with E-state index in [2.05, 4.69) is 11.9 Å². The molecule has 2 unspecified atom stereocenters. The third-order valence-electron chi connectivity index (χ3n) is 4.69. The van der Waals surface area contributed by atoms with Crippen LogP contribution in [0.1, 0.15) is 26.3 Å². The van der Waals surface area contributed by atoms with Gasteiger partial charge in [-0.2, -0.15) is 0 Å². The standard InChI is InChI=1S/C21H25N3O4/c1-5-10-24-20(26)18(16-6-8-17(9-7-16)22-15(4)25)19(21(24)27)23-11-13(2)28-14(3)12-23/h5-9,13-14H,1,10-12H2,2-4H3,(H,22,25). The number of benzene rings is 1. The van der Waals surface area contributed by atoms with Gasteiger partial charge < -0.3 is 15.0 Å². The Morgan fingerprint density at radius 2 is 1.79 bits per heavy atom. The van der Waals surface area contributed by atoms with Crippen LogP contribution in [0.5, 0.6) is 0 Å². The Bertz CT molecular complexity index is 834. The smallest absolute Gasteiger partial charge is 0.278 e. The van der Waals surface area contributed by atoms with Crippen molar-refractivity contribution in [2.45, 2.75) is 33.0 Å². The van der Waals surface area contributed by atoms with Crippen LogP contribution in [0.3, 0.4) is 0 Å². The number of nitrogens with zero attached hydrogens (tertiary/aromatic N) is 2. The molecule has 0 radical (unpaired) electrons. The van der Waals surface area contributed by atoms with Gasteiger partial charge in [0.1, 0.15) is 5.70 Å². The van der Waals surface area contributed by atoms with Crippen molar-refractivity contribution >= 4 is 29.0 Å². The zero-order valence-corrected chi connectivity index (χ0v) is 16.4. The largest absolute Gasteiger partial charge is 0.372 e. The maximum Gasteiger partial charge on any atom is 0.278 e. The number of amides is 3. The fourth-order valence-corrected chi connectivity index (χ4v) is 3.70. The van der Waals surface area contributed by atoms with Crippen molar-refractivity contribution in [2.75, 3.05) is 25.0 Å². The molecule has 7 heteroatoms. The van der Waals surface area contributed by atoms with E-state index in [-0.39, 0.29) is 36.5 Å². The second-order valence-corrected chi connectivity index (χ2v) is 7.15. The molecule has 0 bridgehead atoms. The molecule has 2 aliphatic heterocycles. The lowest BCUT2D eigenvalue weighted by Gasteiger charge is -2.37. The van der Waals surface area contributed by atoms with Crippen molar-refractivity contribution in [1.82, 2.24) is 9.80 Å². The van der Waals surface area contributed by atoms with E-state index in [0.717, 1.165) is 0 Å². The highest BCUT2D eigenvalue weighted by Gasteiger charge is 2.42. The third kappa shape index (κ3) is 3.84. The van der Waals surface area contributed by atoms with E-state index in [1.807, 2.05) is 18.7 Å². The molecule has 7 nitrogen and oxygen atoms in total. The van der Waals surface area contributed by atoms with Gasteiger partial charge in [0.15, 0.2) is 0 Å². The van der Waals surface area contributed by atoms with Gasteiger partial charge in [0, 0.05) is 32.2 Å². The molecule has 0 aromatic heterocycles. The molecule has 1 aromatic carbocycles. The predicted molar refractivity (Wildman–Crippen MR) is 106 cm³/mol. The molecule has 1 saturated heterocycles. The van der Waals surface area contributed by atoms with Crippen LogP contribution >= 0.6 is 0 Å². The van der Waals surface area contributed by atoms with Crippen molar-refractivity contribution in [2.24, 2.45) is 0 Å². The third-order valence-corrected chi connectivity index (χ3v) is 4.69. The van der Waals surface area contributed by atoms with Crippen LogP contribution in [-0.2, 0) is 19.1 Å². The molecule has 2 atom stereocenters. The first-order valence-corrected chi connectivity index (χ1v) is 9.31. The lowest BCUT2D eigenvalue weighted by atomic mass is 10.0. The number of nitrogens with one attached hydrogen (secondary N) is 1. The highest BCUT2D eigenvalue weighted by Crippen LogP contribution is 2.33. The van der Waals surface area contributed by atoms with Crippen molar-refractivity contribution in [3.05, 3.63) is 48.2 Å². The summed E-state index contributed by atoms with van der Waals surface area (Å²) in [4.78, 5) is 40.5. The maximum atomic E-state index is 13.1. The van der Waals surface area contributed by atoms with Gasteiger partial charge in [-0.25, -0.2) is 0 Å². The molecule has 148 valence electrons. The molecule has 3 amide bonds. The van der Waals surface area contributed by atoms with Crippen molar-refractivity contribution in [1.29, 1.82) is 0 Å². The Morgan fingerprint density at radius 3 is 2.32 bits per heavy atom. The molecular formula is C21H25N3O4. The minimum atomic E-state index is -0.334. The summed E-state index contributed by atoms with van der Waals surface area (Å²) in [6, 6.07) is 6.94. The van der Waals surface area contributed by atoms with E-state index >= 15 is 0 Å². The number of morpholine rings is 1. The van der Waals surface area contributed by atoms with E-state index in [0.29, 0.717) is 35.6 Å². The predicted octanol–water partition coefficient (Wildman–Crippen LogP) is 2.02. The van der Waals surface area contributed by atoms with Crippen LogP contribution in [0.4, 0.5) is 5.69 Å². The second-order valence-electron chi connectivity index (χ2n) is 7.15. The van der Waals surface area contributed by atoms with Crippen LogP contribution in [-0.4, -0.2) is 59.4 Å². The molecule has 2 aliphatic rings. The van der Waals surface area contributed by atoms with E-state index in [9.17, 15) is 14.4 Å². The normalized spacial score (nSPS) is 22.7. The van der Waals surface area contributed by atoms with Gasteiger partial charge in [0.05, 0.1) is 17.8 Å². The number of carbonyl (C=O) groups excluding carboxylic acids is 3. The molecule has 2 heterocycles. The van der Waals surface area contributed by atoms with E-state index < -0.39 is 0 Å². The number of anilines is 1. The number of ether oxygens (including phenoxy) is 1. The number of hydrogen-bond donors (Lipinski definition) is 1. The van der Waals surface area contributed by atoms with Crippen molar-refractivity contribution in [3.63, 3.8) is 0 Å². The van der Waals surface area contributed by atoms with Gasteiger partial charge >= 0.3 is 0 Å². The highest BCUT2D eigenvalue weighted by molar-refractivity contribution is 6.35. The molecule has 1 fully saturated rings. The molecule has 1 aromatic rings. The molecule has 0 spiro atoms. The Kier molecular flexibility index (Phi) is 5.65. The first-order valence-electron chi connectivity index (χ1n) is 9.31. The first-order chi connectivity index (χ1) is 13.3. The van der Waals surface area contributed by atoms with Gasteiger partial charge in [-0.1, -0.05) is 18.2 Å². The zero-order valence-electron chi connectivity index (χ0n) is 16.4. The van der Waals surface area contributed by atoms with Gasteiger partial charge in [0.2, 0.25) is 5.91 Å². The van der Waals surface area contributed by atoms with Crippen LogP contribution in [0.15, 0.2) is 42.6 Å². The van der Waals surface area contributed by atoms with Gasteiger partial charge in [-0.05, 0) is 31.5 Å². The lowest BCUT2D eigenvalue weighted by Crippen LogP contribution is -2.47. The summed E-state index contributed by atoms with van der Waals surface area (Å²) in [5, 5.41) is 2.70. The number of imide groups is 1. The summed E-state index contributed by atoms with van der Waals surface area (Å²) in [7, 11) is 0. The van der Waals surface area contributed by atoms with Crippen LogP contribution in [0.25, 0.3) is 5.57 Å². The van der Waals surface area contributed by atoms with Crippen LogP contribution < -0.4 is 5.32 Å². The SMILES string of the molecule is C=CCN1C(=O)C(c2ccc(NC(C)=O)cc2)=C(N2CC(C)OC(C)C2)C1=O. The average Bonchev–Trinajstić information content (AvgIpc) is 2.86. The minimum Gasteiger partial charge on any atom is -0.372 e. The number of carbonyl (C=O) groups is 3. The average molecular weight is 383 g/mol. The first kappa shape index (κ1) is 19.8. The highest BCUT2D eigenvalue weighted by atomic mass is 16.5. The van der Waals surface area contributed by atoms with Gasteiger partial charge in [-0.15, -0.1) is 6.58 Å². The van der Waals surface area contributed by atoms with Crippen molar-refractivity contribution < 1.29 is 19.1 Å². The fourth-order valence-electron chi connectivity index (χ4n) is 3.70. The van der Waals surface area contributed by atoms with E-state index in [4.69, 9.17) is 4.74 Å². The molecule has 0 saturated carbocycles. The summed E-state index contributed by atoms with van der Waals surface area (Å²) < 4.78 is 5.78. The molecule has 0 aliphatic carbocycles. The van der Waals surface area contributed by atoms with Gasteiger partial charge in [-0.3, -0.25) is 19.3 Å². The molecule has 3 rings (SSSR count). The lowest BCUT2D eigenvalue weighted by molar-refractivity contribution is -0.137. The zero-order chi connectivity index (χ0) is 20.4. The molecular weight excluding hydrogens is 358 g/mol. The van der Waals surface area contributed by atoms with Crippen LogP contribution in [0.2, 0.25) is 0 Å². The molecule has 1 N–H and O–H groups in total. The van der Waals surface area contributed by atoms with E-state index in [1.54, 1.807) is 30.3 Å². The second kappa shape index (κ2) is 7.98. The van der Waals surface area contributed by atoms with Crippen LogP contribution in [0, 0.1) is 0 Å². The summed E-state index contributed by atoms with van der Waals surface area (Å²) in [5.74, 6) is -0.820. The Hall–Kier alpha value is -2.93.